The fourth-order valence-electron chi connectivity index (χ4n) is 2.05. The van der Waals surface area contributed by atoms with E-state index in [2.05, 4.69) is 5.32 Å². The van der Waals surface area contributed by atoms with Gasteiger partial charge in [-0.3, -0.25) is 4.79 Å². The summed E-state index contributed by atoms with van der Waals surface area (Å²) in [6.07, 6.45) is 0.680. The number of carbonyl (C=O) groups is 3. The summed E-state index contributed by atoms with van der Waals surface area (Å²) in [7, 11) is 0. The molecule has 0 unspecified atom stereocenters. The summed E-state index contributed by atoms with van der Waals surface area (Å²) >= 11 is 0. The van der Waals surface area contributed by atoms with Crippen molar-refractivity contribution in [2.75, 3.05) is 0 Å². The summed E-state index contributed by atoms with van der Waals surface area (Å²) in [4.78, 5) is 35.8. The van der Waals surface area contributed by atoms with Crippen LogP contribution in [-0.2, 0) is 9.53 Å². The number of benzene rings is 1. The Morgan fingerprint density at radius 2 is 1.79 bits per heavy atom. The van der Waals surface area contributed by atoms with E-state index in [-0.39, 0.29) is 17.0 Å². The highest BCUT2D eigenvalue weighted by atomic mass is 16.6. The molecule has 0 saturated carbocycles. The van der Waals surface area contributed by atoms with Gasteiger partial charge in [-0.15, -0.1) is 0 Å². The number of amides is 1. The Labute approximate surface area is 142 Å². The maximum Gasteiger partial charge on any atom is 0.335 e. The lowest BCUT2D eigenvalue weighted by molar-refractivity contribution is -0.158. The first kappa shape index (κ1) is 19.7. The number of rotatable bonds is 6. The van der Waals surface area contributed by atoms with Gasteiger partial charge in [-0.2, -0.15) is 0 Å². The van der Waals surface area contributed by atoms with Crippen molar-refractivity contribution >= 4 is 17.8 Å². The zero-order valence-corrected chi connectivity index (χ0v) is 14.8. The molecule has 0 bridgehead atoms. The molecule has 1 rings (SSSR count). The molecule has 0 aromatic heterocycles. The molecule has 0 aliphatic carbocycles. The van der Waals surface area contributed by atoms with Gasteiger partial charge in [0.2, 0.25) is 0 Å². The number of ether oxygens (including phenoxy) is 1. The fourth-order valence-corrected chi connectivity index (χ4v) is 2.05. The highest BCUT2D eigenvalue weighted by Gasteiger charge is 2.30. The number of hydrogen-bond donors (Lipinski definition) is 2. The molecule has 6 heteroatoms. The summed E-state index contributed by atoms with van der Waals surface area (Å²) in [5, 5.41) is 11.7. The molecule has 132 valence electrons. The van der Waals surface area contributed by atoms with E-state index in [9.17, 15) is 14.4 Å². The van der Waals surface area contributed by atoms with Crippen LogP contribution in [0.15, 0.2) is 24.3 Å². The summed E-state index contributed by atoms with van der Waals surface area (Å²) in [6.45, 7) is 9.05. The van der Waals surface area contributed by atoms with Gasteiger partial charge in [-0.25, -0.2) is 9.59 Å². The van der Waals surface area contributed by atoms with E-state index < -0.39 is 29.5 Å². The lowest BCUT2D eigenvalue weighted by atomic mass is 9.98. The van der Waals surface area contributed by atoms with Crippen LogP contribution < -0.4 is 5.32 Å². The lowest BCUT2D eigenvalue weighted by Crippen LogP contribution is -2.47. The average molecular weight is 335 g/mol. The Bertz CT molecular complexity index is 618. The first-order valence-electron chi connectivity index (χ1n) is 7.92. The van der Waals surface area contributed by atoms with Crippen molar-refractivity contribution in [1.29, 1.82) is 0 Å². The van der Waals surface area contributed by atoms with Crippen LogP contribution in [-0.4, -0.2) is 34.6 Å². The second-order valence-corrected chi connectivity index (χ2v) is 6.76. The quantitative estimate of drug-likeness (QED) is 0.780. The highest BCUT2D eigenvalue weighted by molar-refractivity contribution is 5.99. The minimum absolute atomic E-state index is 0.0139. The van der Waals surface area contributed by atoms with Gasteiger partial charge in [-0.05, 0) is 44.9 Å². The second kappa shape index (κ2) is 7.95. The number of esters is 1. The Balaban J connectivity index is 2.98. The van der Waals surface area contributed by atoms with E-state index >= 15 is 0 Å². The fraction of sp³-hybridized carbons (Fsp3) is 0.500. The minimum Gasteiger partial charge on any atom is -0.478 e. The second-order valence-electron chi connectivity index (χ2n) is 6.76. The van der Waals surface area contributed by atoms with E-state index in [1.54, 1.807) is 20.8 Å². The minimum atomic E-state index is -1.12. The largest absolute Gasteiger partial charge is 0.478 e. The third-order valence-electron chi connectivity index (χ3n) is 3.53. The first-order chi connectivity index (χ1) is 11.0. The molecule has 2 N–H and O–H groups in total. The van der Waals surface area contributed by atoms with Crippen LogP contribution in [0.2, 0.25) is 0 Å². The summed E-state index contributed by atoms with van der Waals surface area (Å²) in [6, 6.07) is 4.88. The molecule has 24 heavy (non-hydrogen) atoms. The summed E-state index contributed by atoms with van der Waals surface area (Å²) < 4.78 is 5.37. The van der Waals surface area contributed by atoms with E-state index in [0.29, 0.717) is 6.42 Å². The van der Waals surface area contributed by atoms with Gasteiger partial charge in [0, 0.05) is 5.56 Å². The van der Waals surface area contributed by atoms with Gasteiger partial charge in [-0.1, -0.05) is 26.3 Å². The molecule has 6 nitrogen and oxygen atoms in total. The van der Waals surface area contributed by atoms with Gasteiger partial charge in [0.1, 0.15) is 11.6 Å². The van der Waals surface area contributed by atoms with Gasteiger partial charge in [0.05, 0.1) is 5.56 Å². The molecule has 0 saturated heterocycles. The van der Waals surface area contributed by atoms with Crippen LogP contribution in [0.25, 0.3) is 0 Å². The van der Waals surface area contributed by atoms with Crippen LogP contribution in [0.3, 0.4) is 0 Å². The van der Waals surface area contributed by atoms with Crippen molar-refractivity contribution in [3.63, 3.8) is 0 Å². The zero-order valence-electron chi connectivity index (χ0n) is 14.8. The van der Waals surface area contributed by atoms with Gasteiger partial charge in [0.15, 0.2) is 0 Å². The van der Waals surface area contributed by atoms with Crippen molar-refractivity contribution in [3.05, 3.63) is 35.4 Å². The Kier molecular flexibility index (Phi) is 6.51. The van der Waals surface area contributed by atoms with Crippen molar-refractivity contribution < 1.29 is 24.2 Å². The number of hydrogen-bond acceptors (Lipinski definition) is 4. The molecular formula is C18H25NO5. The standard InChI is InChI=1S/C18H25NO5/c1-6-11(2)14(17(23)24-18(3,4)5)19-15(20)12-8-7-9-13(10-12)16(21)22/h7-11,14H,6H2,1-5H3,(H,19,20)(H,21,22)/t11-,14-/m0/s1. The Hall–Kier alpha value is -2.37. The molecule has 0 heterocycles. The van der Waals surface area contributed by atoms with Crippen molar-refractivity contribution in [3.8, 4) is 0 Å². The molecule has 0 spiro atoms. The lowest BCUT2D eigenvalue weighted by Gasteiger charge is -2.27. The van der Waals surface area contributed by atoms with Crippen LogP contribution >= 0.6 is 0 Å². The van der Waals surface area contributed by atoms with Crippen molar-refractivity contribution in [2.45, 2.75) is 52.7 Å². The van der Waals surface area contributed by atoms with E-state index in [1.165, 1.54) is 24.3 Å². The Morgan fingerprint density at radius 3 is 2.29 bits per heavy atom. The van der Waals surface area contributed by atoms with Crippen LogP contribution in [0.5, 0.6) is 0 Å². The SMILES string of the molecule is CC[C@H](C)[C@H](NC(=O)c1cccc(C(=O)O)c1)C(=O)OC(C)(C)C. The number of nitrogens with one attached hydrogen (secondary N) is 1. The predicted molar refractivity (Wildman–Crippen MR) is 90.0 cm³/mol. The van der Waals surface area contributed by atoms with E-state index in [0.717, 1.165) is 0 Å². The zero-order chi connectivity index (χ0) is 18.5. The normalized spacial score (nSPS) is 13.7. The molecule has 1 aromatic rings. The number of carboxylic acid groups (broad SMARTS) is 1. The predicted octanol–water partition coefficient (Wildman–Crippen LogP) is 2.87. The van der Waals surface area contributed by atoms with Gasteiger partial charge in [0.25, 0.3) is 5.91 Å². The molecule has 1 aromatic carbocycles. The maximum atomic E-state index is 12.4. The molecular weight excluding hydrogens is 310 g/mol. The monoisotopic (exact) mass is 335 g/mol. The third kappa shape index (κ3) is 5.68. The Morgan fingerprint density at radius 1 is 1.21 bits per heavy atom. The summed E-state index contributed by atoms with van der Waals surface area (Å²) in [5.74, 6) is -2.24. The van der Waals surface area contributed by atoms with Gasteiger partial charge < -0.3 is 15.2 Å². The third-order valence-corrected chi connectivity index (χ3v) is 3.53. The molecule has 0 radical (unpaired) electrons. The first-order valence-corrected chi connectivity index (χ1v) is 7.92. The van der Waals surface area contributed by atoms with Crippen LogP contribution in [0.4, 0.5) is 0 Å². The molecule has 0 aliphatic heterocycles. The van der Waals surface area contributed by atoms with Crippen molar-refractivity contribution in [2.24, 2.45) is 5.92 Å². The van der Waals surface area contributed by atoms with E-state index in [4.69, 9.17) is 9.84 Å². The average Bonchev–Trinajstić information content (AvgIpc) is 2.49. The number of aromatic carboxylic acids is 1. The van der Waals surface area contributed by atoms with E-state index in [1.807, 2.05) is 13.8 Å². The van der Waals surface area contributed by atoms with Crippen molar-refractivity contribution in [1.82, 2.24) is 5.32 Å². The number of carbonyl (C=O) groups excluding carboxylic acids is 2. The number of carboxylic acids is 1. The maximum absolute atomic E-state index is 12.4. The van der Waals surface area contributed by atoms with Crippen LogP contribution in [0.1, 0.15) is 61.8 Å². The molecule has 2 atom stereocenters. The topological polar surface area (TPSA) is 92.7 Å². The highest BCUT2D eigenvalue weighted by Crippen LogP contribution is 2.16. The molecule has 0 aliphatic rings. The van der Waals surface area contributed by atoms with Crippen LogP contribution in [0, 0.1) is 5.92 Å². The van der Waals surface area contributed by atoms with Gasteiger partial charge >= 0.3 is 11.9 Å². The molecule has 0 fully saturated rings. The molecule has 1 amide bonds. The summed E-state index contributed by atoms with van der Waals surface area (Å²) in [5.41, 5.74) is -0.455. The smallest absolute Gasteiger partial charge is 0.335 e.